The van der Waals surface area contributed by atoms with Crippen LogP contribution in [-0.2, 0) is 16.6 Å². The Labute approximate surface area is 143 Å². The number of ketones is 1. The Morgan fingerprint density at radius 2 is 2.08 bits per heavy atom. The van der Waals surface area contributed by atoms with E-state index in [9.17, 15) is 9.90 Å². The third kappa shape index (κ3) is 1.86. The fourth-order valence-corrected chi connectivity index (χ4v) is 5.88. The van der Waals surface area contributed by atoms with Gasteiger partial charge >= 0.3 is 0 Å². The zero-order valence-electron chi connectivity index (χ0n) is 15.0. The molecular weight excluding hydrogens is 302 g/mol. The molecule has 2 fully saturated rings. The van der Waals surface area contributed by atoms with Gasteiger partial charge in [0, 0.05) is 29.4 Å². The number of piperidine rings is 1. The summed E-state index contributed by atoms with van der Waals surface area (Å²) < 4.78 is 5.38. The molecule has 2 bridgehead atoms. The molecule has 3 aliphatic rings. The Kier molecular flexibility index (Phi) is 3.47. The van der Waals surface area contributed by atoms with Gasteiger partial charge in [0.1, 0.15) is 5.78 Å². The second kappa shape index (κ2) is 5.22. The number of benzene rings is 1. The van der Waals surface area contributed by atoms with Crippen molar-refractivity contribution in [1.29, 1.82) is 0 Å². The summed E-state index contributed by atoms with van der Waals surface area (Å²) in [4.78, 5) is 15.2. The highest BCUT2D eigenvalue weighted by molar-refractivity contribution is 5.84. The van der Waals surface area contributed by atoms with Crippen LogP contribution in [0.5, 0.6) is 11.5 Å². The lowest BCUT2D eigenvalue weighted by molar-refractivity contribution is -0.137. The zero-order valence-corrected chi connectivity index (χ0v) is 15.0. The van der Waals surface area contributed by atoms with Crippen LogP contribution >= 0.6 is 0 Å². The van der Waals surface area contributed by atoms with Crippen molar-refractivity contribution in [1.82, 2.24) is 4.90 Å². The van der Waals surface area contributed by atoms with Crippen LogP contribution < -0.4 is 4.74 Å². The van der Waals surface area contributed by atoms with E-state index in [0.29, 0.717) is 35.8 Å². The molecule has 4 nitrogen and oxygen atoms in total. The molecule has 0 amide bonds. The van der Waals surface area contributed by atoms with Gasteiger partial charge in [-0.1, -0.05) is 19.9 Å². The fraction of sp³-hybridized carbons (Fsp3) is 0.650. The molecule has 0 radical (unpaired) electrons. The summed E-state index contributed by atoms with van der Waals surface area (Å²) in [6, 6.07) is 4.40. The smallest absolute Gasteiger partial charge is 0.161 e. The van der Waals surface area contributed by atoms with E-state index >= 15 is 0 Å². The van der Waals surface area contributed by atoms with Crippen LogP contribution in [0.15, 0.2) is 12.1 Å². The van der Waals surface area contributed by atoms with Crippen LogP contribution in [0.3, 0.4) is 0 Å². The van der Waals surface area contributed by atoms with E-state index in [1.54, 1.807) is 7.11 Å². The number of rotatable bonds is 1. The van der Waals surface area contributed by atoms with Crippen molar-refractivity contribution in [3.63, 3.8) is 0 Å². The van der Waals surface area contributed by atoms with Gasteiger partial charge in [0.15, 0.2) is 11.5 Å². The zero-order chi connectivity index (χ0) is 17.2. The minimum Gasteiger partial charge on any atom is -0.504 e. The van der Waals surface area contributed by atoms with E-state index in [4.69, 9.17) is 4.74 Å². The third-order valence-corrected chi connectivity index (χ3v) is 7.26. The maximum absolute atomic E-state index is 12.8. The van der Waals surface area contributed by atoms with Gasteiger partial charge in [-0.3, -0.25) is 4.79 Å². The number of aromatic hydroxyl groups is 1. The number of ether oxygens (including phenoxy) is 1. The number of fused-ring (bicyclic) bond motifs is 1. The number of hydrogen-bond donors (Lipinski definition) is 1. The first-order valence-electron chi connectivity index (χ1n) is 9.03. The summed E-state index contributed by atoms with van der Waals surface area (Å²) in [6.07, 6.45) is 2.43. The first kappa shape index (κ1) is 15.9. The highest BCUT2D eigenvalue weighted by Gasteiger charge is 2.60. The largest absolute Gasteiger partial charge is 0.504 e. The number of carbonyl (C=O) groups is 1. The molecule has 0 aromatic heterocycles. The van der Waals surface area contributed by atoms with Gasteiger partial charge in [0.2, 0.25) is 0 Å². The molecule has 1 saturated carbocycles. The lowest BCUT2D eigenvalue weighted by atomic mass is 9.47. The molecule has 1 heterocycles. The first-order valence-corrected chi connectivity index (χ1v) is 9.03. The number of likely N-dealkylation sites (N-methyl/N-ethyl adjacent to an activating group) is 1. The lowest BCUT2D eigenvalue weighted by Gasteiger charge is -2.61. The summed E-state index contributed by atoms with van der Waals surface area (Å²) in [5, 5.41) is 10.9. The average Bonchev–Trinajstić information content (AvgIpc) is 2.56. The maximum atomic E-state index is 12.8. The van der Waals surface area contributed by atoms with Crippen molar-refractivity contribution in [3.8, 4) is 11.5 Å². The van der Waals surface area contributed by atoms with E-state index < -0.39 is 0 Å². The van der Waals surface area contributed by atoms with Crippen LogP contribution in [0.2, 0.25) is 0 Å². The molecule has 130 valence electrons. The van der Waals surface area contributed by atoms with Crippen molar-refractivity contribution >= 4 is 5.78 Å². The number of likely N-dealkylation sites (tertiary alicyclic amines) is 1. The number of phenolic OH excluding ortho intramolecular Hbond substituents is 1. The highest BCUT2D eigenvalue weighted by atomic mass is 16.5. The van der Waals surface area contributed by atoms with Crippen molar-refractivity contribution in [2.75, 3.05) is 20.7 Å². The molecule has 4 rings (SSSR count). The predicted molar refractivity (Wildman–Crippen MR) is 92.5 cm³/mol. The van der Waals surface area contributed by atoms with Gasteiger partial charge in [0.05, 0.1) is 7.11 Å². The number of methoxy groups -OCH3 is 1. The third-order valence-electron chi connectivity index (χ3n) is 7.26. The second-order valence-electron chi connectivity index (χ2n) is 8.13. The molecular formula is C20H27NO3. The Hall–Kier alpha value is -1.55. The summed E-state index contributed by atoms with van der Waals surface area (Å²) in [5.41, 5.74) is 1.96. The van der Waals surface area contributed by atoms with Gasteiger partial charge in [0.25, 0.3) is 0 Å². The Balaban J connectivity index is 1.97. The topological polar surface area (TPSA) is 49.8 Å². The van der Waals surface area contributed by atoms with Crippen molar-refractivity contribution in [3.05, 3.63) is 23.3 Å². The van der Waals surface area contributed by atoms with Gasteiger partial charge < -0.3 is 14.7 Å². The average molecular weight is 329 g/mol. The van der Waals surface area contributed by atoms with Crippen LogP contribution in [0, 0.1) is 17.8 Å². The van der Waals surface area contributed by atoms with Gasteiger partial charge in [-0.15, -0.1) is 0 Å². The molecule has 2 unspecified atom stereocenters. The quantitative estimate of drug-likeness (QED) is 0.861. The van der Waals surface area contributed by atoms with E-state index in [1.807, 2.05) is 6.07 Å². The second-order valence-corrected chi connectivity index (χ2v) is 8.13. The Morgan fingerprint density at radius 3 is 2.79 bits per heavy atom. The van der Waals surface area contributed by atoms with Crippen LogP contribution in [-0.4, -0.2) is 42.5 Å². The van der Waals surface area contributed by atoms with E-state index in [-0.39, 0.29) is 17.1 Å². The standard InChI is InChI=1S/C20H27NO3/c1-11-12(2)17-14-9-13-5-6-16(24-4)19(23)18(13)20(17,10-15(11)22)7-8-21(14)3/h5-6,11-12,14,17,23H,7-10H2,1-4H3/t11?,12?,14-,17+,20+/m1/s1. The molecule has 1 aliphatic heterocycles. The fourth-order valence-electron chi connectivity index (χ4n) is 5.88. The monoisotopic (exact) mass is 329 g/mol. The summed E-state index contributed by atoms with van der Waals surface area (Å²) >= 11 is 0. The van der Waals surface area contributed by atoms with Crippen molar-refractivity contribution in [2.24, 2.45) is 17.8 Å². The molecule has 1 N–H and O–H groups in total. The minimum absolute atomic E-state index is 0.103. The summed E-state index contributed by atoms with van der Waals surface area (Å²) in [7, 11) is 3.80. The molecule has 0 spiro atoms. The highest BCUT2D eigenvalue weighted by Crippen LogP contribution is 2.60. The first-order chi connectivity index (χ1) is 11.4. The van der Waals surface area contributed by atoms with E-state index in [1.165, 1.54) is 5.56 Å². The van der Waals surface area contributed by atoms with Gasteiger partial charge in [-0.25, -0.2) is 0 Å². The number of hydrogen-bond acceptors (Lipinski definition) is 4. The Morgan fingerprint density at radius 1 is 1.33 bits per heavy atom. The number of Topliss-reactive ketones (excluding diaryl/α,β-unsaturated/α-hetero) is 1. The maximum Gasteiger partial charge on any atom is 0.161 e. The minimum atomic E-state index is -0.230. The van der Waals surface area contributed by atoms with Crippen LogP contribution in [0.25, 0.3) is 0 Å². The molecule has 5 atom stereocenters. The molecule has 1 aromatic carbocycles. The number of carbonyl (C=O) groups excluding carboxylic acids is 1. The van der Waals surface area contributed by atoms with Crippen molar-refractivity contribution < 1.29 is 14.6 Å². The van der Waals surface area contributed by atoms with E-state index in [0.717, 1.165) is 24.9 Å². The summed E-state index contributed by atoms with van der Waals surface area (Å²) in [6.45, 7) is 5.29. The predicted octanol–water partition coefficient (Wildman–Crippen LogP) is 2.76. The summed E-state index contributed by atoms with van der Waals surface area (Å²) in [5.74, 6) is 1.98. The molecule has 24 heavy (non-hydrogen) atoms. The SMILES string of the molecule is COc1ccc2c(c1O)[C@]13CCN(C)[C@H](C2)[C@@H]1C(C)C(C)C(=O)C3. The van der Waals surface area contributed by atoms with Gasteiger partial charge in [-0.05, 0) is 49.9 Å². The number of nitrogens with zero attached hydrogens (tertiary/aromatic N) is 1. The van der Waals surface area contributed by atoms with Gasteiger partial charge in [-0.2, -0.15) is 0 Å². The molecule has 2 aliphatic carbocycles. The van der Waals surface area contributed by atoms with Crippen LogP contribution in [0.1, 0.15) is 37.8 Å². The molecule has 4 heteroatoms. The van der Waals surface area contributed by atoms with Crippen molar-refractivity contribution in [2.45, 2.75) is 44.6 Å². The molecule has 1 aromatic rings. The van der Waals surface area contributed by atoms with Crippen LogP contribution in [0.4, 0.5) is 0 Å². The Bertz CT molecular complexity index is 700. The molecule has 1 saturated heterocycles. The normalized spacial score (nSPS) is 38.4. The lowest BCUT2D eigenvalue weighted by Crippen LogP contribution is -2.64. The number of phenols is 1. The van der Waals surface area contributed by atoms with E-state index in [2.05, 4.69) is 31.9 Å².